The maximum Gasteiger partial charge on any atom is 0.259 e. The lowest BCUT2D eigenvalue weighted by Gasteiger charge is -2.21. The monoisotopic (exact) mass is 242 g/mol. The van der Waals surface area contributed by atoms with Gasteiger partial charge >= 0.3 is 0 Å². The second-order valence-corrected chi connectivity index (χ2v) is 4.12. The van der Waals surface area contributed by atoms with E-state index in [2.05, 4.69) is 0 Å². The molecule has 0 aliphatic heterocycles. The molecule has 0 aliphatic rings. The number of nitrogens with zero attached hydrogens (tertiary/aromatic N) is 1. The smallest absolute Gasteiger partial charge is 0.259 e. The van der Waals surface area contributed by atoms with E-state index in [9.17, 15) is 13.6 Å². The third kappa shape index (κ3) is 3.23. The van der Waals surface area contributed by atoms with Gasteiger partial charge in [0.2, 0.25) is 0 Å². The first-order valence-corrected chi connectivity index (χ1v) is 5.37. The fourth-order valence-electron chi connectivity index (χ4n) is 1.52. The summed E-state index contributed by atoms with van der Waals surface area (Å²) in [6.07, 6.45) is 0. The van der Waals surface area contributed by atoms with E-state index in [1.165, 1.54) is 18.0 Å². The molecule has 1 amide bonds. The van der Waals surface area contributed by atoms with Gasteiger partial charge in [0.25, 0.3) is 5.91 Å². The zero-order chi connectivity index (χ0) is 13.0. The Morgan fingerprint density at radius 2 is 1.94 bits per heavy atom. The van der Waals surface area contributed by atoms with Gasteiger partial charge in [-0.2, -0.15) is 0 Å². The third-order valence-corrected chi connectivity index (χ3v) is 2.51. The molecule has 0 fully saturated rings. The number of halogens is 2. The quantitative estimate of drug-likeness (QED) is 0.872. The molecule has 5 heteroatoms. The van der Waals surface area contributed by atoms with E-state index in [1.807, 2.05) is 6.92 Å². The van der Waals surface area contributed by atoms with E-state index < -0.39 is 23.1 Å². The van der Waals surface area contributed by atoms with E-state index in [1.54, 1.807) is 0 Å². The van der Waals surface area contributed by atoms with Crippen molar-refractivity contribution in [3.05, 3.63) is 35.4 Å². The maximum atomic E-state index is 13.4. The summed E-state index contributed by atoms with van der Waals surface area (Å²) >= 11 is 0. The van der Waals surface area contributed by atoms with Crippen molar-refractivity contribution in [2.75, 3.05) is 20.1 Å². The minimum Gasteiger partial charge on any atom is -0.341 e. The first-order valence-electron chi connectivity index (χ1n) is 5.37. The highest BCUT2D eigenvalue weighted by molar-refractivity contribution is 5.94. The summed E-state index contributed by atoms with van der Waals surface area (Å²) < 4.78 is 26.7. The molecule has 1 atom stereocenters. The lowest BCUT2D eigenvalue weighted by molar-refractivity contribution is 0.0767. The molecule has 0 spiro atoms. The number of carbonyl (C=O) groups excluding carboxylic acids is 1. The van der Waals surface area contributed by atoms with Crippen LogP contribution in [0.1, 0.15) is 17.3 Å². The molecule has 1 unspecified atom stereocenters. The predicted molar refractivity (Wildman–Crippen MR) is 61.5 cm³/mol. The molecular formula is C12H16F2N2O. The molecule has 1 rings (SSSR count). The molecule has 0 heterocycles. The standard InChI is InChI=1S/C12H16F2N2O/c1-8(6-15)7-16(2)12(17)11-9(13)4-3-5-10(11)14/h3-5,8H,6-7,15H2,1-2H3. The fourth-order valence-corrected chi connectivity index (χ4v) is 1.52. The van der Waals surface area contributed by atoms with Crippen molar-refractivity contribution < 1.29 is 13.6 Å². The maximum absolute atomic E-state index is 13.4. The number of rotatable bonds is 4. The molecule has 0 bridgehead atoms. The number of benzene rings is 1. The summed E-state index contributed by atoms with van der Waals surface area (Å²) in [5.41, 5.74) is 4.92. The van der Waals surface area contributed by atoms with Gasteiger partial charge in [0.15, 0.2) is 0 Å². The van der Waals surface area contributed by atoms with Crippen LogP contribution >= 0.6 is 0 Å². The van der Waals surface area contributed by atoms with Gasteiger partial charge in [0.1, 0.15) is 17.2 Å². The van der Waals surface area contributed by atoms with E-state index in [0.717, 1.165) is 12.1 Å². The van der Waals surface area contributed by atoms with Crippen LogP contribution in [0, 0.1) is 17.6 Å². The van der Waals surface area contributed by atoms with Gasteiger partial charge in [-0.25, -0.2) is 8.78 Å². The summed E-state index contributed by atoms with van der Waals surface area (Å²) in [7, 11) is 1.50. The van der Waals surface area contributed by atoms with Gasteiger partial charge < -0.3 is 10.6 Å². The largest absolute Gasteiger partial charge is 0.341 e. The highest BCUT2D eigenvalue weighted by Crippen LogP contribution is 2.14. The zero-order valence-corrected chi connectivity index (χ0v) is 9.91. The molecule has 0 aromatic heterocycles. The Bertz CT molecular complexity index is 389. The first-order chi connectivity index (χ1) is 7.97. The molecule has 2 N–H and O–H groups in total. The molecule has 0 saturated carbocycles. The Morgan fingerprint density at radius 3 is 2.41 bits per heavy atom. The summed E-state index contributed by atoms with van der Waals surface area (Å²) in [5, 5.41) is 0. The number of nitrogens with two attached hydrogens (primary N) is 1. The first kappa shape index (κ1) is 13.6. The fraction of sp³-hybridized carbons (Fsp3) is 0.417. The van der Waals surface area contributed by atoms with Crippen LogP contribution in [0.4, 0.5) is 8.78 Å². The van der Waals surface area contributed by atoms with Gasteiger partial charge in [-0.15, -0.1) is 0 Å². The number of carbonyl (C=O) groups is 1. The second kappa shape index (κ2) is 5.72. The van der Waals surface area contributed by atoms with Crippen LogP contribution in [0.5, 0.6) is 0 Å². The Balaban J connectivity index is 2.89. The molecule has 0 aliphatic carbocycles. The molecule has 17 heavy (non-hydrogen) atoms. The molecular weight excluding hydrogens is 226 g/mol. The molecule has 0 saturated heterocycles. The number of hydrogen-bond donors (Lipinski definition) is 1. The van der Waals surface area contributed by atoms with Crippen LogP contribution < -0.4 is 5.73 Å². The van der Waals surface area contributed by atoms with Crippen LogP contribution in [0.3, 0.4) is 0 Å². The van der Waals surface area contributed by atoms with Gasteiger partial charge in [0.05, 0.1) is 0 Å². The van der Waals surface area contributed by atoms with Crippen molar-refractivity contribution in [1.82, 2.24) is 4.90 Å². The van der Waals surface area contributed by atoms with Crippen LogP contribution in [-0.2, 0) is 0 Å². The minimum atomic E-state index is -0.845. The lowest BCUT2D eigenvalue weighted by Crippen LogP contribution is -2.34. The molecule has 1 aromatic carbocycles. The average molecular weight is 242 g/mol. The molecule has 0 radical (unpaired) electrons. The Hall–Kier alpha value is -1.49. The third-order valence-electron chi connectivity index (χ3n) is 2.51. The van der Waals surface area contributed by atoms with Gasteiger partial charge in [-0.05, 0) is 24.6 Å². The van der Waals surface area contributed by atoms with Crippen molar-refractivity contribution in [3.63, 3.8) is 0 Å². The Morgan fingerprint density at radius 1 is 1.41 bits per heavy atom. The average Bonchev–Trinajstić information content (AvgIpc) is 2.28. The lowest BCUT2D eigenvalue weighted by atomic mass is 10.1. The summed E-state index contributed by atoms with van der Waals surface area (Å²) in [6, 6.07) is 3.36. The molecule has 1 aromatic rings. The number of amides is 1. The summed E-state index contributed by atoms with van der Waals surface area (Å²) in [5.74, 6) is -2.27. The Labute approximate surface area is 99.2 Å². The summed E-state index contributed by atoms with van der Waals surface area (Å²) in [4.78, 5) is 13.1. The molecule has 3 nitrogen and oxygen atoms in total. The highest BCUT2D eigenvalue weighted by Gasteiger charge is 2.21. The number of hydrogen-bond acceptors (Lipinski definition) is 2. The van der Waals surface area contributed by atoms with E-state index in [0.29, 0.717) is 13.1 Å². The highest BCUT2D eigenvalue weighted by atomic mass is 19.1. The Kier molecular flexibility index (Phi) is 4.57. The van der Waals surface area contributed by atoms with Crippen LogP contribution in [0.25, 0.3) is 0 Å². The van der Waals surface area contributed by atoms with Gasteiger partial charge in [0, 0.05) is 13.6 Å². The van der Waals surface area contributed by atoms with Crippen LogP contribution in [-0.4, -0.2) is 30.9 Å². The zero-order valence-electron chi connectivity index (χ0n) is 9.91. The van der Waals surface area contributed by atoms with E-state index in [-0.39, 0.29) is 5.92 Å². The van der Waals surface area contributed by atoms with Crippen LogP contribution in [0.2, 0.25) is 0 Å². The van der Waals surface area contributed by atoms with Crippen molar-refractivity contribution in [2.45, 2.75) is 6.92 Å². The summed E-state index contributed by atoms with van der Waals surface area (Å²) in [6.45, 7) is 2.64. The van der Waals surface area contributed by atoms with E-state index >= 15 is 0 Å². The SMILES string of the molecule is CC(CN)CN(C)C(=O)c1c(F)cccc1F. The van der Waals surface area contributed by atoms with Crippen LogP contribution in [0.15, 0.2) is 18.2 Å². The normalized spacial score (nSPS) is 12.3. The predicted octanol–water partition coefficient (Wildman–Crippen LogP) is 1.63. The topological polar surface area (TPSA) is 46.3 Å². The van der Waals surface area contributed by atoms with Gasteiger partial charge in [-0.1, -0.05) is 13.0 Å². The van der Waals surface area contributed by atoms with Crippen molar-refractivity contribution in [1.29, 1.82) is 0 Å². The minimum absolute atomic E-state index is 0.0822. The van der Waals surface area contributed by atoms with E-state index in [4.69, 9.17) is 5.73 Å². The molecule has 94 valence electrons. The van der Waals surface area contributed by atoms with Crippen molar-refractivity contribution >= 4 is 5.91 Å². The van der Waals surface area contributed by atoms with Crippen molar-refractivity contribution in [3.8, 4) is 0 Å². The van der Waals surface area contributed by atoms with Gasteiger partial charge in [-0.3, -0.25) is 4.79 Å². The van der Waals surface area contributed by atoms with Crippen molar-refractivity contribution in [2.24, 2.45) is 11.7 Å². The second-order valence-electron chi connectivity index (χ2n) is 4.12.